The highest BCUT2D eigenvalue weighted by Crippen LogP contribution is 2.17. The number of aromatic nitrogens is 1. The number of halogens is 1. The maximum Gasteiger partial charge on any atom is 0.0299 e. The van der Waals surface area contributed by atoms with E-state index in [-0.39, 0.29) is 12.4 Å². The minimum absolute atomic E-state index is 0. The third-order valence-corrected chi connectivity index (χ3v) is 4.91. The Kier molecular flexibility index (Phi) is 17.8. The summed E-state index contributed by atoms with van der Waals surface area (Å²) in [7, 11) is 0. The second-order valence-electron chi connectivity index (χ2n) is 7.23. The molecule has 1 aliphatic heterocycles. The van der Waals surface area contributed by atoms with Crippen molar-refractivity contribution in [3.05, 3.63) is 30.1 Å². The molecule has 0 aromatic carbocycles. The minimum atomic E-state index is 0. The molecule has 0 radical (unpaired) electrons. The molecule has 1 N–H and O–H groups in total. The van der Waals surface area contributed by atoms with Gasteiger partial charge in [0.15, 0.2) is 0 Å². The van der Waals surface area contributed by atoms with Crippen molar-refractivity contribution in [1.29, 1.82) is 0 Å². The molecule has 1 aliphatic rings. The van der Waals surface area contributed by atoms with Crippen LogP contribution in [-0.4, -0.2) is 18.1 Å². The van der Waals surface area contributed by atoms with Gasteiger partial charge in [0.2, 0.25) is 0 Å². The monoisotopic (exact) mass is 368 g/mol. The molecule has 1 unspecified atom stereocenters. The quantitative estimate of drug-likeness (QED) is 0.471. The topological polar surface area (TPSA) is 24.9 Å². The molecule has 0 amide bonds. The highest BCUT2D eigenvalue weighted by molar-refractivity contribution is 5.85. The number of hydrogen-bond donors (Lipinski definition) is 1. The Morgan fingerprint density at radius 1 is 1.04 bits per heavy atom. The van der Waals surface area contributed by atoms with E-state index in [1.54, 1.807) is 0 Å². The fourth-order valence-electron chi connectivity index (χ4n) is 3.33. The van der Waals surface area contributed by atoms with E-state index in [2.05, 4.69) is 30.2 Å². The highest BCUT2D eigenvalue weighted by atomic mass is 35.5. The van der Waals surface area contributed by atoms with Crippen molar-refractivity contribution in [2.75, 3.05) is 13.1 Å². The maximum atomic E-state index is 4.08. The van der Waals surface area contributed by atoms with Crippen LogP contribution in [0.1, 0.15) is 90.0 Å². The predicted molar refractivity (Wildman–Crippen MR) is 114 cm³/mol. The molecule has 3 heteroatoms. The van der Waals surface area contributed by atoms with Crippen LogP contribution in [0, 0.1) is 5.92 Å². The lowest BCUT2D eigenvalue weighted by Gasteiger charge is -2.22. The van der Waals surface area contributed by atoms with E-state index in [9.17, 15) is 0 Å². The first-order valence-electron chi connectivity index (χ1n) is 10.5. The number of piperidine rings is 1. The average molecular weight is 369 g/mol. The van der Waals surface area contributed by atoms with Crippen LogP contribution in [0.2, 0.25) is 0 Å². The Hall–Kier alpha value is -0.600. The zero-order chi connectivity index (χ0) is 17.3. The van der Waals surface area contributed by atoms with Crippen molar-refractivity contribution in [2.24, 2.45) is 5.92 Å². The van der Waals surface area contributed by atoms with E-state index in [1.165, 1.54) is 95.7 Å². The lowest BCUT2D eigenvalue weighted by atomic mass is 9.93. The van der Waals surface area contributed by atoms with Gasteiger partial charge in [0, 0.05) is 12.4 Å². The Labute approximate surface area is 163 Å². The smallest absolute Gasteiger partial charge is 0.0299 e. The largest absolute Gasteiger partial charge is 0.316 e. The van der Waals surface area contributed by atoms with E-state index in [0.29, 0.717) is 0 Å². The van der Waals surface area contributed by atoms with Crippen molar-refractivity contribution >= 4 is 12.4 Å². The molecule has 146 valence electrons. The van der Waals surface area contributed by atoms with Gasteiger partial charge in [0.05, 0.1) is 0 Å². The highest BCUT2D eigenvalue weighted by Gasteiger charge is 2.11. The number of pyridine rings is 1. The molecule has 1 fully saturated rings. The van der Waals surface area contributed by atoms with Crippen LogP contribution in [0.4, 0.5) is 0 Å². The van der Waals surface area contributed by atoms with Crippen molar-refractivity contribution in [3.8, 4) is 0 Å². The van der Waals surface area contributed by atoms with Crippen molar-refractivity contribution in [1.82, 2.24) is 10.3 Å². The molecular formula is C22H41ClN2. The molecule has 2 nitrogen and oxygen atoms in total. The first-order valence-corrected chi connectivity index (χ1v) is 10.5. The summed E-state index contributed by atoms with van der Waals surface area (Å²) in [5.41, 5.74) is 1.37. The second-order valence-corrected chi connectivity index (χ2v) is 7.23. The average Bonchev–Trinajstić information content (AvgIpc) is 2.65. The van der Waals surface area contributed by atoms with Crippen molar-refractivity contribution < 1.29 is 0 Å². The number of nitrogens with one attached hydrogen (secondary N) is 1. The van der Waals surface area contributed by atoms with E-state index in [0.717, 1.165) is 5.92 Å². The van der Waals surface area contributed by atoms with E-state index in [4.69, 9.17) is 0 Å². The Balaban J connectivity index is 0.000000443. The van der Waals surface area contributed by atoms with Gasteiger partial charge in [0.1, 0.15) is 0 Å². The van der Waals surface area contributed by atoms with Gasteiger partial charge in [-0.2, -0.15) is 0 Å². The number of aryl methyl sites for hydroxylation is 1. The van der Waals surface area contributed by atoms with Gasteiger partial charge in [-0.15, -0.1) is 12.4 Å². The molecule has 0 spiro atoms. The van der Waals surface area contributed by atoms with Crippen LogP contribution in [0.25, 0.3) is 0 Å². The first kappa shape index (κ1) is 24.4. The van der Waals surface area contributed by atoms with Gasteiger partial charge in [-0.1, -0.05) is 64.9 Å². The Morgan fingerprint density at radius 3 is 2.40 bits per heavy atom. The van der Waals surface area contributed by atoms with E-state index < -0.39 is 0 Å². The van der Waals surface area contributed by atoms with Crippen molar-refractivity contribution in [3.63, 3.8) is 0 Å². The fraction of sp³-hybridized carbons (Fsp3) is 0.773. The summed E-state index contributed by atoms with van der Waals surface area (Å²) in [6.45, 7) is 7.06. The van der Waals surface area contributed by atoms with Gasteiger partial charge in [-0.05, 0) is 62.7 Å². The molecule has 1 aromatic rings. The Morgan fingerprint density at radius 2 is 1.80 bits per heavy atom. The SMILES string of the molecule is CCCCCCC1CCCNC1.CCCCCCc1cccnc1.Cl. The van der Waals surface area contributed by atoms with Crippen LogP contribution in [0.15, 0.2) is 24.5 Å². The molecule has 0 saturated carbocycles. The summed E-state index contributed by atoms with van der Waals surface area (Å²) >= 11 is 0. The summed E-state index contributed by atoms with van der Waals surface area (Å²) in [4.78, 5) is 4.08. The first-order chi connectivity index (χ1) is 11.9. The lowest BCUT2D eigenvalue weighted by molar-refractivity contribution is 0.346. The molecule has 1 saturated heterocycles. The molecule has 25 heavy (non-hydrogen) atoms. The van der Waals surface area contributed by atoms with Crippen LogP contribution in [0.3, 0.4) is 0 Å². The number of hydrogen-bond acceptors (Lipinski definition) is 2. The molecule has 2 heterocycles. The van der Waals surface area contributed by atoms with Crippen LogP contribution in [-0.2, 0) is 6.42 Å². The van der Waals surface area contributed by atoms with E-state index in [1.807, 2.05) is 18.5 Å². The summed E-state index contributed by atoms with van der Waals surface area (Å²) in [6, 6.07) is 4.16. The fourth-order valence-corrected chi connectivity index (χ4v) is 3.33. The summed E-state index contributed by atoms with van der Waals surface area (Å²) in [6.07, 6.45) is 20.4. The normalized spacial score (nSPS) is 16.5. The van der Waals surface area contributed by atoms with Gasteiger partial charge in [-0.25, -0.2) is 0 Å². The standard InChI is InChI=1S/C11H23N.C11H17N.ClH/c2*1-2-3-4-5-7-11-8-6-9-12-10-11;/h11-12H,2-10H2,1H3;6,8-10H,2-5,7H2,1H3;1H. The molecule has 2 rings (SSSR count). The lowest BCUT2D eigenvalue weighted by Crippen LogP contribution is -2.29. The van der Waals surface area contributed by atoms with Crippen LogP contribution < -0.4 is 5.32 Å². The minimum Gasteiger partial charge on any atom is -0.316 e. The van der Waals surface area contributed by atoms with Gasteiger partial charge in [0.25, 0.3) is 0 Å². The zero-order valence-corrected chi connectivity index (χ0v) is 17.5. The molecule has 0 aliphatic carbocycles. The van der Waals surface area contributed by atoms with Crippen LogP contribution >= 0.6 is 12.4 Å². The summed E-state index contributed by atoms with van der Waals surface area (Å²) in [5, 5.41) is 3.48. The van der Waals surface area contributed by atoms with E-state index >= 15 is 0 Å². The maximum absolute atomic E-state index is 4.08. The third-order valence-electron chi connectivity index (χ3n) is 4.91. The summed E-state index contributed by atoms with van der Waals surface area (Å²) in [5.74, 6) is 0.996. The number of rotatable bonds is 10. The van der Waals surface area contributed by atoms with Gasteiger partial charge >= 0.3 is 0 Å². The molecule has 1 atom stereocenters. The van der Waals surface area contributed by atoms with Gasteiger partial charge < -0.3 is 5.32 Å². The molecular weight excluding hydrogens is 328 g/mol. The zero-order valence-electron chi connectivity index (χ0n) is 16.6. The second kappa shape index (κ2) is 18.2. The molecule has 0 bridgehead atoms. The van der Waals surface area contributed by atoms with Crippen LogP contribution in [0.5, 0.6) is 0 Å². The third kappa shape index (κ3) is 14.3. The number of unbranched alkanes of at least 4 members (excludes halogenated alkanes) is 6. The Bertz CT molecular complexity index is 364. The van der Waals surface area contributed by atoms with Gasteiger partial charge in [-0.3, -0.25) is 4.98 Å². The number of nitrogens with zero attached hydrogens (tertiary/aromatic N) is 1. The molecule has 1 aromatic heterocycles. The van der Waals surface area contributed by atoms with Crippen molar-refractivity contribution in [2.45, 2.75) is 90.9 Å². The summed E-state index contributed by atoms with van der Waals surface area (Å²) < 4.78 is 0. The predicted octanol–water partition coefficient (Wildman–Crippen LogP) is 6.58.